The van der Waals surface area contributed by atoms with Crippen LogP contribution in [0.2, 0.25) is 0 Å². The minimum Gasteiger partial charge on any atom is -0.0839 e. The molecule has 2 aliphatic rings. The maximum atomic E-state index is 2.34. The van der Waals surface area contributed by atoms with Gasteiger partial charge in [-0.1, -0.05) is 17.7 Å². The molecule has 0 aliphatic heterocycles. The second kappa shape index (κ2) is 2.26. The molecule has 0 saturated heterocycles. The Labute approximate surface area is 62.6 Å². The van der Waals surface area contributed by atoms with E-state index in [0.717, 1.165) is 5.92 Å². The molecule has 1 fully saturated rings. The minimum absolute atomic E-state index is 0.955. The molecular weight excluding hydrogens is 120 g/mol. The van der Waals surface area contributed by atoms with E-state index in [1.165, 1.54) is 25.7 Å². The van der Waals surface area contributed by atoms with Gasteiger partial charge >= 0.3 is 0 Å². The summed E-state index contributed by atoms with van der Waals surface area (Å²) < 4.78 is 0. The van der Waals surface area contributed by atoms with E-state index in [1.54, 1.807) is 11.1 Å². The Kier molecular flexibility index (Phi) is 1.40. The fraction of sp³-hybridized carbons (Fsp3) is 0.600. The lowest BCUT2D eigenvalue weighted by Crippen LogP contribution is -1.92. The molecule has 54 valence electrons. The van der Waals surface area contributed by atoms with Crippen LogP contribution in [0.15, 0.2) is 23.3 Å². The predicted octanol–water partition coefficient (Wildman–Crippen LogP) is 3.06. The summed E-state index contributed by atoms with van der Waals surface area (Å²) in [5, 5.41) is 0. The van der Waals surface area contributed by atoms with Crippen LogP contribution in [0.25, 0.3) is 0 Å². The average Bonchev–Trinajstić information content (AvgIpc) is 2.71. The Morgan fingerprint density at radius 1 is 1.40 bits per heavy atom. The molecule has 0 heteroatoms. The van der Waals surface area contributed by atoms with Gasteiger partial charge in [-0.2, -0.15) is 0 Å². The van der Waals surface area contributed by atoms with E-state index in [0.29, 0.717) is 0 Å². The van der Waals surface area contributed by atoms with Crippen molar-refractivity contribution in [2.45, 2.75) is 32.6 Å². The maximum absolute atomic E-state index is 2.34. The summed E-state index contributed by atoms with van der Waals surface area (Å²) in [6.45, 7) is 2.29. The summed E-state index contributed by atoms with van der Waals surface area (Å²) in [5.41, 5.74) is 3.30. The third-order valence-corrected chi connectivity index (χ3v) is 2.49. The Morgan fingerprint density at radius 2 is 2.20 bits per heavy atom. The molecule has 0 aromatic carbocycles. The van der Waals surface area contributed by atoms with Crippen LogP contribution < -0.4 is 0 Å². The Bertz CT molecular complexity index is 192. The van der Waals surface area contributed by atoms with Gasteiger partial charge < -0.3 is 0 Å². The molecule has 1 saturated carbocycles. The molecular formula is C10H14. The Hall–Kier alpha value is -0.520. The zero-order chi connectivity index (χ0) is 6.97. The lowest BCUT2D eigenvalue weighted by molar-refractivity contribution is 0.887. The van der Waals surface area contributed by atoms with Crippen molar-refractivity contribution in [2.75, 3.05) is 0 Å². The van der Waals surface area contributed by atoms with Crippen molar-refractivity contribution in [3.63, 3.8) is 0 Å². The molecule has 0 N–H and O–H groups in total. The highest BCUT2D eigenvalue weighted by Gasteiger charge is 2.26. The van der Waals surface area contributed by atoms with Gasteiger partial charge in [-0.05, 0) is 44.1 Å². The third kappa shape index (κ3) is 1.03. The fourth-order valence-electron chi connectivity index (χ4n) is 1.68. The van der Waals surface area contributed by atoms with Crippen LogP contribution in [0.5, 0.6) is 0 Å². The molecule has 0 radical (unpaired) electrons. The molecule has 0 heterocycles. The Morgan fingerprint density at radius 3 is 2.80 bits per heavy atom. The van der Waals surface area contributed by atoms with Gasteiger partial charge in [-0.15, -0.1) is 0 Å². The van der Waals surface area contributed by atoms with Gasteiger partial charge in [0.2, 0.25) is 0 Å². The number of rotatable bonds is 1. The highest BCUT2D eigenvalue weighted by atomic mass is 14.3. The van der Waals surface area contributed by atoms with Gasteiger partial charge in [0.25, 0.3) is 0 Å². The molecule has 0 unspecified atom stereocenters. The number of allylic oxidation sites excluding steroid dienone is 4. The first-order valence-electron chi connectivity index (χ1n) is 4.24. The van der Waals surface area contributed by atoms with Crippen molar-refractivity contribution in [1.29, 1.82) is 0 Å². The van der Waals surface area contributed by atoms with Gasteiger partial charge in [-0.25, -0.2) is 0 Å². The molecule has 0 amide bonds. The van der Waals surface area contributed by atoms with E-state index in [1.807, 2.05) is 0 Å². The summed E-state index contributed by atoms with van der Waals surface area (Å²) in [7, 11) is 0. The van der Waals surface area contributed by atoms with Crippen LogP contribution >= 0.6 is 0 Å². The van der Waals surface area contributed by atoms with E-state index >= 15 is 0 Å². The van der Waals surface area contributed by atoms with Gasteiger partial charge in [0.1, 0.15) is 0 Å². The highest BCUT2D eigenvalue weighted by molar-refractivity contribution is 5.33. The molecule has 10 heavy (non-hydrogen) atoms. The van der Waals surface area contributed by atoms with Crippen LogP contribution in [0.4, 0.5) is 0 Å². The first kappa shape index (κ1) is 6.21. The monoisotopic (exact) mass is 134 g/mol. The van der Waals surface area contributed by atoms with E-state index in [9.17, 15) is 0 Å². The standard InChI is InChI=1S/C10H14/c1-8-4-2-3-5-10(8)9-6-7-9/h3,5,9H,2,4,6-7H2,1H3. The smallest absolute Gasteiger partial charge is 0.0162 e. The molecule has 2 aliphatic carbocycles. The predicted molar refractivity (Wildman–Crippen MR) is 43.8 cm³/mol. The zero-order valence-electron chi connectivity index (χ0n) is 6.56. The van der Waals surface area contributed by atoms with Gasteiger partial charge in [0, 0.05) is 0 Å². The molecule has 2 rings (SSSR count). The summed E-state index contributed by atoms with van der Waals surface area (Å²) in [4.78, 5) is 0. The van der Waals surface area contributed by atoms with E-state index in [4.69, 9.17) is 0 Å². The first-order valence-corrected chi connectivity index (χ1v) is 4.24. The number of hydrogen-bond donors (Lipinski definition) is 0. The second-order valence-corrected chi connectivity index (χ2v) is 3.45. The molecule has 0 nitrogen and oxygen atoms in total. The van der Waals surface area contributed by atoms with Crippen LogP contribution in [0.3, 0.4) is 0 Å². The van der Waals surface area contributed by atoms with E-state index in [-0.39, 0.29) is 0 Å². The lowest BCUT2D eigenvalue weighted by Gasteiger charge is -2.10. The largest absolute Gasteiger partial charge is 0.0839 e. The van der Waals surface area contributed by atoms with Crippen molar-refractivity contribution in [3.8, 4) is 0 Å². The molecule has 0 bridgehead atoms. The van der Waals surface area contributed by atoms with Crippen LogP contribution in [0, 0.1) is 5.92 Å². The van der Waals surface area contributed by atoms with Crippen molar-refractivity contribution in [3.05, 3.63) is 23.3 Å². The van der Waals surface area contributed by atoms with Gasteiger partial charge in [0.05, 0.1) is 0 Å². The summed E-state index contributed by atoms with van der Waals surface area (Å²) in [6, 6.07) is 0. The van der Waals surface area contributed by atoms with Gasteiger partial charge in [-0.3, -0.25) is 0 Å². The Balaban J connectivity index is 2.21. The molecule has 0 aromatic heterocycles. The van der Waals surface area contributed by atoms with Crippen molar-refractivity contribution < 1.29 is 0 Å². The van der Waals surface area contributed by atoms with Crippen LogP contribution in [-0.4, -0.2) is 0 Å². The van der Waals surface area contributed by atoms with Crippen LogP contribution in [-0.2, 0) is 0 Å². The highest BCUT2D eigenvalue weighted by Crippen LogP contribution is 2.40. The zero-order valence-corrected chi connectivity index (χ0v) is 6.56. The summed E-state index contributed by atoms with van der Waals surface area (Å²) in [6.07, 6.45) is 10.1. The van der Waals surface area contributed by atoms with Crippen molar-refractivity contribution >= 4 is 0 Å². The average molecular weight is 134 g/mol. The van der Waals surface area contributed by atoms with E-state index < -0.39 is 0 Å². The van der Waals surface area contributed by atoms with E-state index in [2.05, 4.69) is 19.1 Å². The second-order valence-electron chi connectivity index (χ2n) is 3.45. The third-order valence-electron chi connectivity index (χ3n) is 2.49. The lowest BCUT2D eigenvalue weighted by atomic mass is 9.96. The first-order chi connectivity index (χ1) is 4.88. The number of hydrogen-bond acceptors (Lipinski definition) is 0. The maximum Gasteiger partial charge on any atom is -0.0162 e. The SMILES string of the molecule is CC1=C(C2CC2)C=CCC1. The molecule has 0 atom stereocenters. The summed E-state index contributed by atoms with van der Waals surface area (Å²) >= 11 is 0. The van der Waals surface area contributed by atoms with Gasteiger partial charge in [0.15, 0.2) is 0 Å². The molecule has 0 spiro atoms. The van der Waals surface area contributed by atoms with Crippen molar-refractivity contribution in [1.82, 2.24) is 0 Å². The topological polar surface area (TPSA) is 0 Å². The normalized spacial score (nSPS) is 25.7. The minimum atomic E-state index is 0.955. The quantitative estimate of drug-likeness (QED) is 0.517. The fourth-order valence-corrected chi connectivity index (χ4v) is 1.68. The van der Waals surface area contributed by atoms with Crippen LogP contribution in [0.1, 0.15) is 32.6 Å². The molecule has 0 aromatic rings. The van der Waals surface area contributed by atoms with Crippen molar-refractivity contribution in [2.24, 2.45) is 5.92 Å². The summed E-state index contributed by atoms with van der Waals surface area (Å²) in [5.74, 6) is 0.955.